The summed E-state index contributed by atoms with van der Waals surface area (Å²) in [6.45, 7) is 6.01. The van der Waals surface area contributed by atoms with Crippen LogP contribution in [0, 0.1) is 11.3 Å². The van der Waals surface area contributed by atoms with Crippen LogP contribution in [-0.4, -0.2) is 96.8 Å². The number of hydrogen-bond acceptors (Lipinski definition) is 9. The van der Waals surface area contributed by atoms with Crippen LogP contribution in [-0.2, 0) is 22.6 Å². The van der Waals surface area contributed by atoms with Crippen molar-refractivity contribution in [2.45, 2.75) is 62.4 Å². The van der Waals surface area contributed by atoms with Crippen molar-refractivity contribution < 1.29 is 23.1 Å². The number of nitriles is 1. The van der Waals surface area contributed by atoms with Gasteiger partial charge in [0.05, 0.1) is 58.9 Å². The Balaban J connectivity index is 1.23. The molecule has 0 N–H and O–H groups in total. The number of carbonyl (C=O) groups is 2. The molecule has 2 aromatic heterocycles. The molecule has 2 amide bonds. The van der Waals surface area contributed by atoms with Crippen molar-refractivity contribution in [3.63, 3.8) is 0 Å². The van der Waals surface area contributed by atoms with Crippen molar-refractivity contribution >= 4 is 50.3 Å². The van der Waals surface area contributed by atoms with E-state index in [-0.39, 0.29) is 32.0 Å². The number of fused-ring (bicyclic) bond motifs is 7. The molecule has 1 aromatic carbocycles. The van der Waals surface area contributed by atoms with Crippen molar-refractivity contribution in [3.05, 3.63) is 53.3 Å². The standard InChI is InChI=1S/C35H37F2N7O3S/c1-21(36)33(45)43-19-28-34(46)40(2)30-29(44(28)17-24(43)7-11-38)25-8-13-41(27-6-3-5-22-9-14-48-31(22)27)18-26(25)39-32(30)47-20-35-10-4-12-42(35)16-23(37)15-35/h3,5-6,9,14,23-24,28H,1,4,7-8,10,12-13,15-20H2,2H3/t23-,24+,28?,35?/m1/s1. The van der Waals surface area contributed by atoms with E-state index in [1.807, 2.05) is 4.90 Å². The Morgan fingerprint density at radius 2 is 2.08 bits per heavy atom. The number of halogens is 2. The summed E-state index contributed by atoms with van der Waals surface area (Å²) in [6, 6.07) is 9.12. The van der Waals surface area contributed by atoms with E-state index in [1.165, 1.54) is 15.0 Å². The molecule has 3 saturated heterocycles. The van der Waals surface area contributed by atoms with E-state index < -0.39 is 35.5 Å². The number of piperazine rings is 1. The Hall–Kier alpha value is -4.28. The van der Waals surface area contributed by atoms with Gasteiger partial charge >= 0.3 is 0 Å². The van der Waals surface area contributed by atoms with Crippen LogP contribution in [0.3, 0.4) is 0 Å². The van der Waals surface area contributed by atoms with Crippen molar-refractivity contribution in [3.8, 4) is 11.9 Å². The van der Waals surface area contributed by atoms with E-state index in [0.29, 0.717) is 37.5 Å². The molecule has 8 rings (SSSR count). The highest BCUT2D eigenvalue weighted by Crippen LogP contribution is 2.49. The minimum absolute atomic E-state index is 0.0282. The maximum atomic E-state index is 14.7. The number of alkyl halides is 1. The number of rotatable bonds is 6. The average molecular weight is 674 g/mol. The first-order chi connectivity index (χ1) is 23.2. The van der Waals surface area contributed by atoms with Gasteiger partial charge in [0.15, 0.2) is 5.83 Å². The topological polar surface area (TPSA) is 96.3 Å². The summed E-state index contributed by atoms with van der Waals surface area (Å²) in [5.41, 5.74) is 3.89. The first kappa shape index (κ1) is 31.0. The number of pyridine rings is 1. The van der Waals surface area contributed by atoms with Gasteiger partial charge in [-0.25, -0.2) is 13.8 Å². The quantitative estimate of drug-likeness (QED) is 0.352. The lowest BCUT2D eigenvalue weighted by molar-refractivity contribution is -0.133. The minimum atomic E-state index is -1.12. The van der Waals surface area contributed by atoms with Gasteiger partial charge in [-0.3, -0.25) is 14.5 Å². The molecule has 5 aliphatic rings. The summed E-state index contributed by atoms with van der Waals surface area (Å²) in [4.78, 5) is 41.4. The van der Waals surface area contributed by atoms with Crippen LogP contribution in [0.1, 0.15) is 36.9 Å². The lowest BCUT2D eigenvalue weighted by atomic mass is 9.93. The number of benzene rings is 1. The highest BCUT2D eigenvalue weighted by atomic mass is 32.1. The van der Waals surface area contributed by atoms with Crippen molar-refractivity contribution in [2.75, 3.05) is 61.1 Å². The zero-order valence-electron chi connectivity index (χ0n) is 26.8. The fourth-order valence-electron chi connectivity index (χ4n) is 8.68. The molecule has 0 spiro atoms. The smallest absolute Gasteiger partial charge is 0.282 e. The van der Waals surface area contributed by atoms with Crippen LogP contribution in [0.25, 0.3) is 10.1 Å². The number of likely N-dealkylation sites (N-methyl/N-ethyl adjacent to an activating group) is 1. The summed E-state index contributed by atoms with van der Waals surface area (Å²) in [7, 11) is 1.68. The van der Waals surface area contributed by atoms with Crippen LogP contribution in [0.5, 0.6) is 5.88 Å². The van der Waals surface area contributed by atoms with E-state index in [9.17, 15) is 23.6 Å². The van der Waals surface area contributed by atoms with Crippen LogP contribution in [0.15, 0.2) is 42.1 Å². The molecule has 3 fully saturated rings. The number of thiophene rings is 1. The Morgan fingerprint density at radius 3 is 2.90 bits per heavy atom. The molecule has 3 aromatic rings. The van der Waals surface area contributed by atoms with Crippen LogP contribution >= 0.6 is 11.3 Å². The molecule has 0 aliphatic carbocycles. The summed E-state index contributed by atoms with van der Waals surface area (Å²) in [5, 5.41) is 13.0. The maximum Gasteiger partial charge on any atom is 0.282 e. The maximum absolute atomic E-state index is 14.7. The molecular formula is C35H37F2N7O3S. The normalized spacial score (nSPS) is 26.6. The number of nitrogens with zero attached hydrogens (tertiary/aromatic N) is 7. The largest absolute Gasteiger partial charge is 0.474 e. The van der Waals surface area contributed by atoms with Crippen molar-refractivity contribution in [2.24, 2.45) is 0 Å². The number of ether oxygens (including phenoxy) is 1. The summed E-state index contributed by atoms with van der Waals surface area (Å²) < 4.78 is 36.7. The lowest BCUT2D eigenvalue weighted by Gasteiger charge is -2.51. The van der Waals surface area contributed by atoms with Gasteiger partial charge in [-0.05, 0) is 48.7 Å². The van der Waals surface area contributed by atoms with Gasteiger partial charge in [0.2, 0.25) is 5.88 Å². The monoisotopic (exact) mass is 673 g/mol. The van der Waals surface area contributed by atoms with Crippen molar-refractivity contribution in [1.82, 2.24) is 14.8 Å². The van der Waals surface area contributed by atoms with Gasteiger partial charge in [-0.2, -0.15) is 5.26 Å². The SMILES string of the molecule is C=C(F)C(=O)N1CC2C(=O)N(C)c3c(OCC45CCCN4C[C@H](F)C5)nc4c(c3N2C[C@@H]1CC#N)CCN(c1cccc2ccsc12)C4. The second-order valence-corrected chi connectivity index (χ2v) is 14.6. The second-order valence-electron chi connectivity index (χ2n) is 13.6. The predicted molar refractivity (Wildman–Crippen MR) is 180 cm³/mol. The first-order valence-corrected chi connectivity index (χ1v) is 17.4. The van der Waals surface area contributed by atoms with Gasteiger partial charge < -0.3 is 24.3 Å². The average Bonchev–Trinajstić information content (AvgIpc) is 3.79. The van der Waals surface area contributed by atoms with Gasteiger partial charge in [0, 0.05) is 38.7 Å². The van der Waals surface area contributed by atoms with E-state index in [4.69, 9.17) is 9.72 Å². The van der Waals surface area contributed by atoms with Gasteiger partial charge in [0.1, 0.15) is 24.5 Å². The van der Waals surface area contributed by atoms with Gasteiger partial charge in [-0.1, -0.05) is 18.7 Å². The zero-order valence-corrected chi connectivity index (χ0v) is 27.6. The molecule has 13 heteroatoms. The zero-order chi connectivity index (χ0) is 33.3. The van der Waals surface area contributed by atoms with E-state index in [1.54, 1.807) is 23.3 Å². The van der Waals surface area contributed by atoms with Crippen LogP contribution in [0.4, 0.5) is 25.8 Å². The van der Waals surface area contributed by atoms with Gasteiger partial charge in [0.25, 0.3) is 11.8 Å². The third kappa shape index (κ3) is 4.83. The van der Waals surface area contributed by atoms with Crippen molar-refractivity contribution in [1.29, 1.82) is 5.26 Å². The first-order valence-electron chi connectivity index (χ1n) is 16.5. The Morgan fingerprint density at radius 1 is 1.23 bits per heavy atom. The highest BCUT2D eigenvalue weighted by Gasteiger charge is 2.51. The Bertz CT molecular complexity index is 1880. The molecule has 0 saturated carbocycles. The molecule has 250 valence electrons. The number of hydrogen-bond donors (Lipinski definition) is 0. The molecular weight excluding hydrogens is 636 g/mol. The Labute approximate surface area is 281 Å². The lowest BCUT2D eigenvalue weighted by Crippen LogP contribution is -2.66. The van der Waals surface area contributed by atoms with E-state index >= 15 is 0 Å². The predicted octanol–water partition coefficient (Wildman–Crippen LogP) is 4.57. The molecule has 0 bridgehead atoms. The highest BCUT2D eigenvalue weighted by molar-refractivity contribution is 7.17. The Kier molecular flexibility index (Phi) is 7.56. The number of carbonyl (C=O) groups excluding carboxylic acids is 2. The fraction of sp³-hybridized carbons (Fsp3) is 0.486. The molecule has 4 atom stereocenters. The number of amides is 2. The number of aromatic nitrogens is 1. The fourth-order valence-corrected chi connectivity index (χ4v) is 9.62. The van der Waals surface area contributed by atoms with Crippen LogP contribution in [0.2, 0.25) is 0 Å². The third-order valence-electron chi connectivity index (χ3n) is 11.0. The number of anilines is 3. The molecule has 10 nitrogen and oxygen atoms in total. The molecule has 0 radical (unpaired) electrons. The molecule has 2 unspecified atom stereocenters. The van der Waals surface area contributed by atoms with Crippen LogP contribution < -0.4 is 19.4 Å². The molecule has 5 aliphatic heterocycles. The molecule has 7 heterocycles. The summed E-state index contributed by atoms with van der Waals surface area (Å²) in [5.74, 6) is -1.98. The van der Waals surface area contributed by atoms with Gasteiger partial charge in [-0.15, -0.1) is 11.3 Å². The van der Waals surface area contributed by atoms with E-state index in [2.05, 4.69) is 52.1 Å². The third-order valence-corrected chi connectivity index (χ3v) is 11.9. The van der Waals surface area contributed by atoms with E-state index in [0.717, 1.165) is 48.6 Å². The minimum Gasteiger partial charge on any atom is -0.474 e. The summed E-state index contributed by atoms with van der Waals surface area (Å²) in [6.07, 6.45) is 1.92. The summed E-state index contributed by atoms with van der Waals surface area (Å²) >= 11 is 1.70. The second kappa shape index (κ2) is 11.7. The molecule has 48 heavy (non-hydrogen) atoms.